The van der Waals surface area contributed by atoms with Crippen LogP contribution >= 0.6 is 0 Å². The summed E-state index contributed by atoms with van der Waals surface area (Å²) in [7, 11) is 1.36. The van der Waals surface area contributed by atoms with Crippen molar-refractivity contribution < 1.29 is 9.53 Å². The normalized spacial score (nSPS) is 10.2. The molecule has 1 aromatic carbocycles. The van der Waals surface area contributed by atoms with Crippen LogP contribution in [0.15, 0.2) is 42.6 Å². The molecule has 0 amide bonds. The highest BCUT2D eigenvalue weighted by molar-refractivity contribution is 5.99. The van der Waals surface area contributed by atoms with Crippen molar-refractivity contribution in [3.8, 4) is 23.3 Å². The molecule has 0 saturated heterocycles. The molecular formula is C22H18N4O2. The van der Waals surface area contributed by atoms with E-state index in [1.807, 2.05) is 42.7 Å². The minimum Gasteiger partial charge on any atom is -0.465 e. The Hall–Kier alpha value is -3.90. The monoisotopic (exact) mass is 370 g/mol. The molecule has 28 heavy (non-hydrogen) atoms. The Morgan fingerprint density at radius 3 is 2.43 bits per heavy atom. The summed E-state index contributed by atoms with van der Waals surface area (Å²) in [5.41, 5.74) is 5.61. The Morgan fingerprint density at radius 1 is 1.11 bits per heavy atom. The van der Waals surface area contributed by atoms with Gasteiger partial charge in [-0.2, -0.15) is 10.5 Å². The number of ether oxygens (including phenoxy) is 1. The topological polar surface area (TPSA) is 91.7 Å². The Kier molecular flexibility index (Phi) is 5.24. The fraction of sp³-hybridized carbons (Fsp3) is 0.182. The highest BCUT2D eigenvalue weighted by Crippen LogP contribution is 2.33. The zero-order chi connectivity index (χ0) is 20.3. The van der Waals surface area contributed by atoms with Gasteiger partial charge in [-0.05, 0) is 49.2 Å². The zero-order valence-electron chi connectivity index (χ0n) is 15.9. The first kappa shape index (κ1) is 18.9. The predicted octanol–water partition coefficient (Wildman–Crippen LogP) is 3.75. The van der Waals surface area contributed by atoms with E-state index in [9.17, 15) is 4.79 Å². The number of hydrogen-bond donors (Lipinski definition) is 0. The number of methoxy groups -OCH3 is 1. The Morgan fingerprint density at radius 2 is 1.82 bits per heavy atom. The van der Waals surface area contributed by atoms with Gasteiger partial charge in [-0.25, -0.2) is 9.78 Å². The number of nitrogens with zero attached hydrogens (tertiary/aromatic N) is 4. The van der Waals surface area contributed by atoms with Crippen molar-refractivity contribution in [1.82, 2.24) is 9.55 Å². The molecule has 0 unspecified atom stereocenters. The SMILES string of the molecule is COC(=O)c1c(-c2ccc(C#N)cc2)c(C)n(Cc2ccnc(C#N)c2)c1C. The molecule has 0 aliphatic carbocycles. The maximum atomic E-state index is 12.5. The lowest BCUT2D eigenvalue weighted by Crippen LogP contribution is -2.07. The molecule has 0 N–H and O–H groups in total. The number of nitriles is 2. The molecule has 0 spiro atoms. The van der Waals surface area contributed by atoms with Gasteiger partial charge in [0, 0.05) is 29.7 Å². The molecule has 2 aromatic heterocycles. The molecule has 3 rings (SSSR count). The van der Waals surface area contributed by atoms with Crippen molar-refractivity contribution in [2.24, 2.45) is 0 Å². The van der Waals surface area contributed by atoms with Crippen molar-refractivity contribution >= 4 is 5.97 Å². The number of esters is 1. The molecule has 138 valence electrons. The second kappa shape index (κ2) is 7.77. The van der Waals surface area contributed by atoms with Crippen LogP contribution in [0.25, 0.3) is 11.1 Å². The van der Waals surface area contributed by atoms with E-state index in [0.29, 0.717) is 23.4 Å². The Labute approximate surface area is 163 Å². The number of rotatable bonds is 4. The van der Waals surface area contributed by atoms with Gasteiger partial charge in [0.1, 0.15) is 11.8 Å². The van der Waals surface area contributed by atoms with Gasteiger partial charge in [0.25, 0.3) is 0 Å². The standard InChI is InChI=1S/C22H18N4O2/c1-14-20(18-6-4-16(11-23)5-7-18)21(22(27)28-3)15(2)26(14)13-17-8-9-25-19(10-17)12-24/h4-10H,13H2,1-3H3. The summed E-state index contributed by atoms with van der Waals surface area (Å²) in [6.07, 6.45) is 1.60. The Bertz CT molecular complexity index is 1130. The fourth-order valence-corrected chi connectivity index (χ4v) is 3.35. The van der Waals surface area contributed by atoms with Gasteiger partial charge in [-0.1, -0.05) is 12.1 Å². The first-order valence-corrected chi connectivity index (χ1v) is 8.63. The third kappa shape index (κ3) is 3.36. The quantitative estimate of drug-likeness (QED) is 0.652. The van der Waals surface area contributed by atoms with Gasteiger partial charge in [0.2, 0.25) is 0 Å². The molecule has 6 heteroatoms. The highest BCUT2D eigenvalue weighted by Gasteiger charge is 2.24. The third-order valence-corrected chi connectivity index (χ3v) is 4.76. The van der Waals surface area contributed by atoms with Crippen molar-refractivity contribution in [2.45, 2.75) is 20.4 Å². The van der Waals surface area contributed by atoms with Crippen molar-refractivity contribution in [3.63, 3.8) is 0 Å². The van der Waals surface area contributed by atoms with Crippen molar-refractivity contribution in [3.05, 3.63) is 76.4 Å². The van der Waals surface area contributed by atoms with Crippen molar-refractivity contribution in [1.29, 1.82) is 10.5 Å². The molecule has 3 aromatic rings. The maximum absolute atomic E-state index is 12.5. The molecule has 6 nitrogen and oxygen atoms in total. The molecule has 0 bridgehead atoms. The van der Waals surface area contributed by atoms with E-state index in [1.54, 1.807) is 24.4 Å². The van der Waals surface area contributed by atoms with Gasteiger partial charge in [-0.15, -0.1) is 0 Å². The van der Waals surface area contributed by atoms with Crippen LogP contribution in [0.2, 0.25) is 0 Å². The largest absolute Gasteiger partial charge is 0.465 e. The van der Waals surface area contributed by atoms with E-state index in [0.717, 1.165) is 28.1 Å². The van der Waals surface area contributed by atoms with E-state index in [4.69, 9.17) is 15.3 Å². The van der Waals surface area contributed by atoms with E-state index in [1.165, 1.54) is 7.11 Å². The van der Waals surface area contributed by atoms with Crippen LogP contribution in [-0.2, 0) is 11.3 Å². The molecule has 2 heterocycles. The van der Waals surface area contributed by atoms with Crippen LogP contribution in [0, 0.1) is 36.5 Å². The average Bonchev–Trinajstić information content (AvgIpc) is 2.98. The minimum absolute atomic E-state index is 0.348. The number of carbonyl (C=O) groups excluding carboxylic acids is 1. The lowest BCUT2D eigenvalue weighted by Gasteiger charge is -2.10. The fourth-order valence-electron chi connectivity index (χ4n) is 3.35. The van der Waals surface area contributed by atoms with Gasteiger partial charge >= 0.3 is 5.97 Å². The summed E-state index contributed by atoms with van der Waals surface area (Å²) in [5, 5.41) is 18.1. The van der Waals surface area contributed by atoms with Gasteiger partial charge in [0.05, 0.1) is 24.3 Å². The lowest BCUT2D eigenvalue weighted by atomic mass is 9.99. The molecule has 0 radical (unpaired) electrons. The minimum atomic E-state index is -0.411. The number of hydrogen-bond acceptors (Lipinski definition) is 5. The molecule has 0 saturated carbocycles. The second-order valence-corrected chi connectivity index (χ2v) is 6.35. The maximum Gasteiger partial charge on any atom is 0.340 e. The number of aromatic nitrogens is 2. The van der Waals surface area contributed by atoms with E-state index >= 15 is 0 Å². The van der Waals surface area contributed by atoms with E-state index in [2.05, 4.69) is 11.1 Å². The zero-order valence-corrected chi connectivity index (χ0v) is 15.9. The lowest BCUT2D eigenvalue weighted by molar-refractivity contribution is 0.0600. The number of pyridine rings is 1. The molecule has 0 fully saturated rings. The van der Waals surface area contributed by atoms with Crippen LogP contribution in [0.4, 0.5) is 0 Å². The number of carbonyl (C=O) groups is 1. The van der Waals surface area contributed by atoms with Crippen LogP contribution in [0.5, 0.6) is 0 Å². The molecule has 0 aliphatic rings. The van der Waals surface area contributed by atoms with Gasteiger partial charge < -0.3 is 9.30 Å². The summed E-state index contributed by atoms with van der Waals surface area (Å²) in [6.45, 7) is 4.31. The molecule has 0 aliphatic heterocycles. The van der Waals surface area contributed by atoms with E-state index < -0.39 is 5.97 Å². The molecular weight excluding hydrogens is 352 g/mol. The summed E-state index contributed by atoms with van der Waals surface area (Å²) in [4.78, 5) is 16.5. The summed E-state index contributed by atoms with van der Waals surface area (Å²) < 4.78 is 7.05. The number of benzene rings is 1. The van der Waals surface area contributed by atoms with Crippen LogP contribution in [-0.4, -0.2) is 22.6 Å². The van der Waals surface area contributed by atoms with Crippen molar-refractivity contribution in [2.75, 3.05) is 7.11 Å². The first-order chi connectivity index (χ1) is 13.5. The predicted molar refractivity (Wildman–Crippen MR) is 103 cm³/mol. The smallest absolute Gasteiger partial charge is 0.340 e. The second-order valence-electron chi connectivity index (χ2n) is 6.35. The Balaban J connectivity index is 2.16. The van der Waals surface area contributed by atoms with E-state index in [-0.39, 0.29) is 0 Å². The van der Waals surface area contributed by atoms with Crippen LogP contribution in [0.1, 0.15) is 38.6 Å². The van der Waals surface area contributed by atoms with Crippen LogP contribution in [0.3, 0.4) is 0 Å². The van der Waals surface area contributed by atoms with Gasteiger partial charge in [-0.3, -0.25) is 0 Å². The molecule has 0 atom stereocenters. The summed E-state index contributed by atoms with van der Waals surface area (Å²) in [5.74, 6) is -0.411. The summed E-state index contributed by atoms with van der Waals surface area (Å²) in [6, 6.07) is 14.8. The third-order valence-electron chi connectivity index (χ3n) is 4.76. The van der Waals surface area contributed by atoms with Gasteiger partial charge in [0.15, 0.2) is 0 Å². The first-order valence-electron chi connectivity index (χ1n) is 8.63. The summed E-state index contributed by atoms with van der Waals surface area (Å²) >= 11 is 0. The van der Waals surface area contributed by atoms with Crippen LogP contribution < -0.4 is 0 Å². The highest BCUT2D eigenvalue weighted by atomic mass is 16.5. The average molecular weight is 370 g/mol.